The Bertz CT molecular complexity index is 569. The first-order valence-corrected chi connectivity index (χ1v) is 8.92. The molecule has 1 heterocycles. The fraction of sp³-hybridized carbons (Fsp3) is 0.611. The maximum Gasteiger partial charge on any atom is 0.410 e. The molecule has 0 unspecified atom stereocenters. The van der Waals surface area contributed by atoms with Gasteiger partial charge in [-0.05, 0) is 51.8 Å². The van der Waals surface area contributed by atoms with E-state index >= 15 is 0 Å². The molecule has 4 nitrogen and oxygen atoms in total. The van der Waals surface area contributed by atoms with Gasteiger partial charge >= 0.3 is 6.09 Å². The van der Waals surface area contributed by atoms with Gasteiger partial charge in [0.1, 0.15) is 5.60 Å². The minimum atomic E-state index is -0.444. The van der Waals surface area contributed by atoms with Crippen LogP contribution in [0.5, 0.6) is 0 Å². The topological polar surface area (TPSA) is 32.8 Å². The van der Waals surface area contributed by atoms with Crippen LogP contribution in [0.1, 0.15) is 38.8 Å². The second kappa shape index (κ2) is 7.22. The average Bonchev–Trinajstić information content (AvgIpc) is 2.40. The molecule has 0 spiro atoms. The molecule has 0 N–H and O–H groups in total. The van der Waals surface area contributed by atoms with Crippen molar-refractivity contribution in [2.45, 2.75) is 52.8 Å². The number of amides is 1. The van der Waals surface area contributed by atoms with E-state index in [9.17, 15) is 4.79 Å². The Kier molecular flexibility index (Phi) is 5.74. The number of carbonyl (C=O) groups is 1. The zero-order valence-electron chi connectivity index (χ0n) is 14.7. The lowest BCUT2D eigenvalue weighted by Crippen LogP contribution is -2.54. The van der Waals surface area contributed by atoms with Gasteiger partial charge < -0.3 is 9.64 Å². The molecule has 128 valence electrons. The van der Waals surface area contributed by atoms with Crippen LogP contribution in [0.4, 0.5) is 4.79 Å². The Morgan fingerprint density at radius 3 is 2.61 bits per heavy atom. The van der Waals surface area contributed by atoms with Gasteiger partial charge in [-0.25, -0.2) is 4.79 Å². The number of ether oxygens (including phenoxy) is 1. The largest absolute Gasteiger partial charge is 0.444 e. The number of rotatable bonds is 2. The minimum Gasteiger partial charge on any atom is -0.444 e. The van der Waals surface area contributed by atoms with Gasteiger partial charge in [-0.15, -0.1) is 0 Å². The van der Waals surface area contributed by atoms with Crippen molar-refractivity contribution >= 4 is 22.0 Å². The molecule has 1 amide bonds. The summed E-state index contributed by atoms with van der Waals surface area (Å²) in [4.78, 5) is 16.5. The van der Waals surface area contributed by atoms with Crippen LogP contribution in [-0.2, 0) is 11.3 Å². The smallest absolute Gasteiger partial charge is 0.410 e. The fourth-order valence-electron chi connectivity index (χ4n) is 2.79. The highest BCUT2D eigenvalue weighted by Crippen LogP contribution is 2.22. The van der Waals surface area contributed by atoms with Crippen LogP contribution in [0.2, 0.25) is 0 Å². The lowest BCUT2D eigenvalue weighted by Gasteiger charge is -2.40. The van der Waals surface area contributed by atoms with E-state index in [0.717, 1.165) is 24.1 Å². The van der Waals surface area contributed by atoms with Gasteiger partial charge in [-0.1, -0.05) is 28.1 Å². The third kappa shape index (κ3) is 5.21. The lowest BCUT2D eigenvalue weighted by molar-refractivity contribution is 0.000540. The molecule has 1 aromatic carbocycles. The van der Waals surface area contributed by atoms with E-state index in [4.69, 9.17) is 4.74 Å². The molecule has 2 rings (SSSR count). The molecular formula is C18H27BrN2O2. The predicted molar refractivity (Wildman–Crippen MR) is 96.6 cm³/mol. The summed E-state index contributed by atoms with van der Waals surface area (Å²) in [5, 5.41) is 0. The SMILES string of the molecule is Cc1ccc(CN2CCN(C(=O)OC(C)(C)C)[C@H](C)C2)c(Br)c1. The summed E-state index contributed by atoms with van der Waals surface area (Å²) in [6.45, 7) is 13.2. The van der Waals surface area contributed by atoms with E-state index in [2.05, 4.69) is 52.9 Å². The van der Waals surface area contributed by atoms with Gasteiger partial charge in [0.2, 0.25) is 0 Å². The molecule has 1 aliphatic rings. The normalized spacial score (nSPS) is 19.7. The number of halogens is 1. The maximum atomic E-state index is 12.3. The monoisotopic (exact) mass is 382 g/mol. The van der Waals surface area contributed by atoms with E-state index in [1.165, 1.54) is 11.1 Å². The summed E-state index contributed by atoms with van der Waals surface area (Å²) in [6.07, 6.45) is -0.207. The molecule has 0 radical (unpaired) electrons. The molecule has 5 heteroatoms. The van der Waals surface area contributed by atoms with Crippen molar-refractivity contribution in [2.75, 3.05) is 19.6 Å². The Labute approximate surface area is 147 Å². The highest BCUT2D eigenvalue weighted by molar-refractivity contribution is 9.10. The van der Waals surface area contributed by atoms with Crippen LogP contribution < -0.4 is 0 Å². The summed E-state index contributed by atoms with van der Waals surface area (Å²) >= 11 is 3.65. The average molecular weight is 383 g/mol. The first-order valence-electron chi connectivity index (χ1n) is 8.13. The molecule has 0 saturated carbocycles. The zero-order valence-corrected chi connectivity index (χ0v) is 16.3. The van der Waals surface area contributed by atoms with Crippen molar-refractivity contribution in [3.8, 4) is 0 Å². The highest BCUT2D eigenvalue weighted by Gasteiger charge is 2.30. The van der Waals surface area contributed by atoms with Gasteiger partial charge in [0.25, 0.3) is 0 Å². The summed E-state index contributed by atoms with van der Waals surface area (Å²) in [5.41, 5.74) is 2.10. The van der Waals surface area contributed by atoms with Crippen molar-refractivity contribution in [3.63, 3.8) is 0 Å². The first kappa shape index (κ1) is 18.3. The molecule has 1 fully saturated rings. The molecule has 1 aromatic rings. The number of nitrogens with zero attached hydrogens (tertiary/aromatic N) is 2. The van der Waals surface area contributed by atoms with Gasteiger partial charge in [0.05, 0.1) is 0 Å². The van der Waals surface area contributed by atoms with Crippen molar-refractivity contribution in [1.29, 1.82) is 0 Å². The van der Waals surface area contributed by atoms with Crippen LogP contribution in [0.25, 0.3) is 0 Å². The molecule has 23 heavy (non-hydrogen) atoms. The Balaban J connectivity index is 1.94. The first-order chi connectivity index (χ1) is 10.7. The summed E-state index contributed by atoms with van der Waals surface area (Å²) in [7, 11) is 0. The minimum absolute atomic E-state index is 0.155. The van der Waals surface area contributed by atoms with E-state index in [-0.39, 0.29) is 12.1 Å². The number of hydrogen-bond donors (Lipinski definition) is 0. The fourth-order valence-corrected chi connectivity index (χ4v) is 3.41. The molecule has 0 bridgehead atoms. The lowest BCUT2D eigenvalue weighted by atomic mass is 10.1. The van der Waals surface area contributed by atoms with Gasteiger partial charge in [-0.2, -0.15) is 0 Å². The van der Waals surface area contributed by atoms with Gasteiger partial charge in [0.15, 0.2) is 0 Å². The number of aryl methyl sites for hydroxylation is 1. The third-order valence-electron chi connectivity index (χ3n) is 3.94. The highest BCUT2D eigenvalue weighted by atomic mass is 79.9. The zero-order chi connectivity index (χ0) is 17.2. The van der Waals surface area contributed by atoms with Crippen molar-refractivity contribution < 1.29 is 9.53 Å². The standard InChI is InChI=1S/C18H27BrN2O2/c1-13-6-7-15(16(19)10-13)12-20-8-9-21(14(2)11-20)17(22)23-18(3,4)5/h6-7,10,14H,8-9,11-12H2,1-5H3/t14-/m1/s1. The number of piperazine rings is 1. The van der Waals surface area contributed by atoms with Crippen molar-refractivity contribution in [1.82, 2.24) is 9.80 Å². The molecule has 1 aliphatic heterocycles. The number of hydrogen-bond acceptors (Lipinski definition) is 3. The van der Waals surface area contributed by atoms with Crippen LogP contribution in [-0.4, -0.2) is 47.2 Å². The number of carbonyl (C=O) groups excluding carboxylic acids is 1. The summed E-state index contributed by atoms with van der Waals surface area (Å²) in [5.74, 6) is 0. The molecular weight excluding hydrogens is 356 g/mol. The van der Waals surface area contributed by atoms with E-state index < -0.39 is 5.60 Å². The number of benzene rings is 1. The second-order valence-electron chi connectivity index (χ2n) is 7.35. The van der Waals surface area contributed by atoms with Gasteiger partial charge in [-0.3, -0.25) is 4.90 Å². The Morgan fingerprint density at radius 2 is 2.04 bits per heavy atom. The molecule has 0 aromatic heterocycles. The quantitative estimate of drug-likeness (QED) is 0.768. The van der Waals surface area contributed by atoms with E-state index in [1.54, 1.807) is 0 Å². The van der Waals surface area contributed by atoms with Crippen molar-refractivity contribution in [3.05, 3.63) is 33.8 Å². The molecule has 1 saturated heterocycles. The Hall–Kier alpha value is -1.07. The summed E-state index contributed by atoms with van der Waals surface area (Å²) < 4.78 is 6.65. The van der Waals surface area contributed by atoms with E-state index in [0.29, 0.717) is 6.54 Å². The van der Waals surface area contributed by atoms with Crippen molar-refractivity contribution in [2.24, 2.45) is 0 Å². The second-order valence-corrected chi connectivity index (χ2v) is 8.21. The maximum absolute atomic E-state index is 12.3. The third-order valence-corrected chi connectivity index (χ3v) is 4.68. The molecule has 0 aliphatic carbocycles. The van der Waals surface area contributed by atoms with Crippen LogP contribution in [0, 0.1) is 6.92 Å². The van der Waals surface area contributed by atoms with E-state index in [1.807, 2.05) is 25.7 Å². The molecule has 1 atom stereocenters. The van der Waals surface area contributed by atoms with Crippen LogP contribution in [0.3, 0.4) is 0 Å². The Morgan fingerprint density at radius 1 is 1.35 bits per heavy atom. The predicted octanol–water partition coefficient (Wildman–Crippen LogP) is 4.20. The summed E-state index contributed by atoms with van der Waals surface area (Å²) in [6, 6.07) is 6.61. The van der Waals surface area contributed by atoms with Gasteiger partial charge in [0, 0.05) is 36.7 Å². The van der Waals surface area contributed by atoms with Crippen LogP contribution >= 0.6 is 15.9 Å². The van der Waals surface area contributed by atoms with Crippen LogP contribution in [0.15, 0.2) is 22.7 Å².